The number of rotatable bonds is 4. The summed E-state index contributed by atoms with van der Waals surface area (Å²) < 4.78 is 32.9. The molecule has 2 aromatic carbocycles. The number of carbonyl (C=O) groups is 2. The standard InChI is InChI=1S/C15H10BrF2N3O3/c16-9-4-5-12(8(6-9)7-20-21-15(19)23)24-14(22)13-10(17)2-1-3-11(13)18/h1-7H,(H3,19,21,23). The van der Waals surface area contributed by atoms with Crippen molar-refractivity contribution in [1.29, 1.82) is 0 Å². The zero-order valence-electron chi connectivity index (χ0n) is 11.9. The van der Waals surface area contributed by atoms with E-state index in [0.717, 1.165) is 24.4 Å². The number of carbonyl (C=O) groups excluding carboxylic acids is 2. The summed E-state index contributed by atoms with van der Waals surface area (Å²) in [4.78, 5) is 22.6. The molecule has 0 saturated heterocycles. The minimum atomic E-state index is -1.20. The van der Waals surface area contributed by atoms with E-state index in [4.69, 9.17) is 10.5 Å². The molecular formula is C15H10BrF2N3O3. The van der Waals surface area contributed by atoms with E-state index in [2.05, 4.69) is 21.0 Å². The summed E-state index contributed by atoms with van der Waals surface area (Å²) in [6.07, 6.45) is 1.16. The zero-order chi connectivity index (χ0) is 17.7. The quantitative estimate of drug-likeness (QED) is 0.359. The molecule has 0 saturated carbocycles. The first-order valence-electron chi connectivity index (χ1n) is 6.42. The molecular weight excluding hydrogens is 388 g/mol. The second-order valence-electron chi connectivity index (χ2n) is 4.40. The predicted octanol–water partition coefficient (Wildman–Crippen LogP) is 2.95. The van der Waals surface area contributed by atoms with Gasteiger partial charge in [-0.15, -0.1) is 0 Å². The van der Waals surface area contributed by atoms with Crippen molar-refractivity contribution in [3.63, 3.8) is 0 Å². The zero-order valence-corrected chi connectivity index (χ0v) is 13.5. The Morgan fingerprint density at radius 3 is 2.50 bits per heavy atom. The number of nitrogens with one attached hydrogen (secondary N) is 1. The third-order valence-corrected chi connectivity index (χ3v) is 3.21. The van der Waals surface area contributed by atoms with Crippen molar-refractivity contribution >= 4 is 34.1 Å². The lowest BCUT2D eigenvalue weighted by Crippen LogP contribution is -2.24. The Hall–Kier alpha value is -2.81. The number of primary amides is 1. The molecule has 2 amide bonds. The topological polar surface area (TPSA) is 93.8 Å². The average Bonchev–Trinajstić information content (AvgIpc) is 2.49. The number of urea groups is 1. The summed E-state index contributed by atoms with van der Waals surface area (Å²) in [5.74, 6) is -3.29. The van der Waals surface area contributed by atoms with Crippen molar-refractivity contribution in [2.24, 2.45) is 10.8 Å². The van der Waals surface area contributed by atoms with Gasteiger partial charge >= 0.3 is 12.0 Å². The van der Waals surface area contributed by atoms with E-state index in [-0.39, 0.29) is 11.3 Å². The molecule has 0 aliphatic heterocycles. The Labute approximate surface area is 143 Å². The molecule has 0 radical (unpaired) electrons. The molecule has 0 fully saturated rings. The highest BCUT2D eigenvalue weighted by Crippen LogP contribution is 2.24. The van der Waals surface area contributed by atoms with E-state index >= 15 is 0 Å². The van der Waals surface area contributed by atoms with Crippen LogP contribution in [0.25, 0.3) is 0 Å². The number of hydrazone groups is 1. The summed E-state index contributed by atoms with van der Waals surface area (Å²) in [5.41, 5.74) is 6.31. The first-order valence-corrected chi connectivity index (χ1v) is 7.22. The second kappa shape index (κ2) is 7.64. The van der Waals surface area contributed by atoms with Crippen LogP contribution in [0, 0.1) is 11.6 Å². The van der Waals surface area contributed by atoms with Gasteiger partial charge < -0.3 is 10.5 Å². The van der Waals surface area contributed by atoms with Crippen LogP contribution in [0.1, 0.15) is 15.9 Å². The van der Waals surface area contributed by atoms with Gasteiger partial charge in [0.1, 0.15) is 22.9 Å². The van der Waals surface area contributed by atoms with Crippen molar-refractivity contribution in [2.45, 2.75) is 0 Å². The fourth-order valence-corrected chi connectivity index (χ4v) is 2.10. The van der Waals surface area contributed by atoms with Crippen LogP contribution in [0.4, 0.5) is 13.6 Å². The van der Waals surface area contributed by atoms with Crippen molar-refractivity contribution in [3.05, 3.63) is 63.6 Å². The number of nitrogens with zero attached hydrogens (tertiary/aromatic N) is 1. The van der Waals surface area contributed by atoms with E-state index < -0.39 is 29.2 Å². The van der Waals surface area contributed by atoms with Gasteiger partial charge in [-0.2, -0.15) is 5.10 Å². The van der Waals surface area contributed by atoms with Gasteiger partial charge in [-0.1, -0.05) is 22.0 Å². The fraction of sp³-hybridized carbons (Fsp3) is 0. The van der Waals surface area contributed by atoms with E-state index in [1.54, 1.807) is 6.07 Å². The highest BCUT2D eigenvalue weighted by atomic mass is 79.9. The van der Waals surface area contributed by atoms with Crippen LogP contribution in [-0.2, 0) is 0 Å². The van der Waals surface area contributed by atoms with Crippen LogP contribution < -0.4 is 15.9 Å². The molecule has 3 N–H and O–H groups in total. The molecule has 2 rings (SSSR count). The van der Waals surface area contributed by atoms with Crippen LogP contribution in [0.2, 0.25) is 0 Å². The third kappa shape index (κ3) is 4.35. The molecule has 2 aromatic rings. The minimum Gasteiger partial charge on any atom is -0.422 e. The van der Waals surface area contributed by atoms with Gasteiger partial charge in [-0.3, -0.25) is 0 Å². The number of ether oxygens (including phenoxy) is 1. The highest BCUT2D eigenvalue weighted by molar-refractivity contribution is 9.10. The number of esters is 1. The maximum absolute atomic E-state index is 13.6. The molecule has 0 heterocycles. The van der Waals surface area contributed by atoms with Crippen LogP contribution in [-0.4, -0.2) is 18.2 Å². The van der Waals surface area contributed by atoms with Gasteiger partial charge in [0.05, 0.1) is 6.21 Å². The third-order valence-electron chi connectivity index (χ3n) is 2.72. The number of amides is 2. The summed E-state index contributed by atoms with van der Waals surface area (Å²) in [7, 11) is 0. The summed E-state index contributed by atoms with van der Waals surface area (Å²) in [6.45, 7) is 0. The molecule has 0 aromatic heterocycles. The largest absolute Gasteiger partial charge is 0.422 e. The van der Waals surface area contributed by atoms with Gasteiger partial charge in [0, 0.05) is 10.0 Å². The Morgan fingerprint density at radius 2 is 1.88 bits per heavy atom. The van der Waals surface area contributed by atoms with E-state index in [1.165, 1.54) is 12.1 Å². The fourth-order valence-electron chi connectivity index (χ4n) is 1.72. The highest BCUT2D eigenvalue weighted by Gasteiger charge is 2.20. The number of halogens is 3. The van der Waals surface area contributed by atoms with Gasteiger partial charge in [0.15, 0.2) is 0 Å². The average molecular weight is 398 g/mol. The molecule has 0 unspecified atom stereocenters. The van der Waals surface area contributed by atoms with Gasteiger partial charge in [0.2, 0.25) is 0 Å². The first-order chi connectivity index (χ1) is 11.4. The molecule has 0 bridgehead atoms. The van der Waals surface area contributed by atoms with Gasteiger partial charge in [-0.25, -0.2) is 23.8 Å². The molecule has 0 atom stereocenters. The minimum absolute atomic E-state index is 0.0131. The monoisotopic (exact) mass is 397 g/mol. The lowest BCUT2D eigenvalue weighted by atomic mass is 10.2. The van der Waals surface area contributed by atoms with Gasteiger partial charge in [0.25, 0.3) is 0 Å². The normalized spacial score (nSPS) is 10.6. The van der Waals surface area contributed by atoms with E-state index in [9.17, 15) is 18.4 Å². The summed E-state index contributed by atoms with van der Waals surface area (Å²) >= 11 is 3.22. The van der Waals surface area contributed by atoms with Crippen molar-refractivity contribution in [3.8, 4) is 5.75 Å². The summed E-state index contributed by atoms with van der Waals surface area (Å²) in [6, 6.07) is 6.61. The lowest BCUT2D eigenvalue weighted by Gasteiger charge is -2.09. The van der Waals surface area contributed by atoms with Crippen LogP contribution in [0.5, 0.6) is 5.75 Å². The van der Waals surface area contributed by atoms with E-state index in [1.807, 2.05) is 5.43 Å². The molecule has 0 spiro atoms. The smallest absolute Gasteiger partial charge is 0.349 e. The van der Waals surface area contributed by atoms with Crippen molar-refractivity contribution in [1.82, 2.24) is 5.43 Å². The van der Waals surface area contributed by atoms with Crippen LogP contribution >= 0.6 is 15.9 Å². The summed E-state index contributed by atoms with van der Waals surface area (Å²) in [5, 5.41) is 3.55. The Kier molecular flexibility index (Phi) is 5.59. The molecule has 9 heteroatoms. The molecule has 24 heavy (non-hydrogen) atoms. The first kappa shape index (κ1) is 17.5. The van der Waals surface area contributed by atoms with Crippen LogP contribution in [0.15, 0.2) is 46.0 Å². The predicted molar refractivity (Wildman–Crippen MR) is 85.8 cm³/mol. The second-order valence-corrected chi connectivity index (χ2v) is 5.32. The Bertz CT molecular complexity index is 807. The molecule has 0 aliphatic carbocycles. The van der Waals surface area contributed by atoms with Crippen LogP contribution in [0.3, 0.4) is 0 Å². The van der Waals surface area contributed by atoms with Gasteiger partial charge in [-0.05, 0) is 30.3 Å². The maximum Gasteiger partial charge on any atom is 0.349 e. The molecule has 0 aliphatic rings. The SMILES string of the molecule is NC(=O)NN=Cc1cc(Br)ccc1OC(=O)c1c(F)cccc1F. The Balaban J connectivity index is 2.30. The maximum atomic E-state index is 13.6. The number of nitrogens with two attached hydrogens (primary N) is 1. The lowest BCUT2D eigenvalue weighted by molar-refractivity contribution is 0.0724. The number of hydrogen-bond donors (Lipinski definition) is 2. The van der Waals surface area contributed by atoms with Crippen molar-refractivity contribution < 1.29 is 23.1 Å². The Morgan fingerprint density at radius 1 is 1.21 bits per heavy atom. The number of benzene rings is 2. The van der Waals surface area contributed by atoms with Crippen molar-refractivity contribution in [2.75, 3.05) is 0 Å². The van der Waals surface area contributed by atoms with E-state index in [0.29, 0.717) is 4.47 Å². The number of hydrogen-bond acceptors (Lipinski definition) is 4. The molecule has 6 nitrogen and oxygen atoms in total. The molecule has 124 valence electrons.